The van der Waals surface area contributed by atoms with Crippen LogP contribution in [0.3, 0.4) is 0 Å². The maximum atomic E-state index is 11.6. The van der Waals surface area contributed by atoms with Crippen LogP contribution in [-0.2, 0) is 0 Å². The Bertz CT molecular complexity index is 328. The first-order valence-corrected chi connectivity index (χ1v) is 7.24. The Morgan fingerprint density at radius 3 is 2.94 bits per heavy atom. The van der Waals surface area contributed by atoms with Gasteiger partial charge in [0.1, 0.15) is 5.75 Å². The molecule has 1 amide bonds. The standard InChI is InChI=1S/C11H16BrNO2S/c1-15-9-7-10(16-8-9)11(14)13-6-4-2-3-5-12/h7-8H,2-6H2,1H3,(H,13,14). The molecular formula is C11H16BrNO2S. The third-order valence-corrected chi connectivity index (χ3v) is 3.60. The van der Waals surface area contributed by atoms with E-state index < -0.39 is 0 Å². The van der Waals surface area contributed by atoms with E-state index in [0.29, 0.717) is 4.88 Å². The second-order valence-electron chi connectivity index (χ2n) is 3.36. The van der Waals surface area contributed by atoms with Gasteiger partial charge in [0, 0.05) is 23.3 Å². The van der Waals surface area contributed by atoms with Crippen molar-refractivity contribution < 1.29 is 9.53 Å². The van der Waals surface area contributed by atoms with E-state index in [1.165, 1.54) is 11.3 Å². The number of hydrogen-bond acceptors (Lipinski definition) is 3. The Kier molecular flexibility index (Phi) is 6.49. The number of alkyl halides is 1. The van der Waals surface area contributed by atoms with Crippen molar-refractivity contribution in [2.75, 3.05) is 19.0 Å². The first-order chi connectivity index (χ1) is 7.77. The summed E-state index contributed by atoms with van der Waals surface area (Å²) in [4.78, 5) is 12.3. The van der Waals surface area contributed by atoms with Gasteiger partial charge in [-0.3, -0.25) is 4.79 Å². The Hall–Kier alpha value is -0.550. The number of rotatable bonds is 7. The highest BCUT2D eigenvalue weighted by molar-refractivity contribution is 9.09. The molecule has 90 valence electrons. The van der Waals surface area contributed by atoms with Crippen LogP contribution in [0, 0.1) is 0 Å². The van der Waals surface area contributed by atoms with Crippen molar-refractivity contribution in [3.63, 3.8) is 0 Å². The lowest BCUT2D eigenvalue weighted by Gasteiger charge is -2.02. The van der Waals surface area contributed by atoms with Crippen molar-refractivity contribution in [3.8, 4) is 5.75 Å². The average Bonchev–Trinajstić information content (AvgIpc) is 2.77. The van der Waals surface area contributed by atoms with Gasteiger partial charge in [0.25, 0.3) is 5.91 Å². The molecule has 0 spiro atoms. The molecule has 16 heavy (non-hydrogen) atoms. The van der Waals surface area contributed by atoms with Crippen molar-refractivity contribution >= 4 is 33.2 Å². The summed E-state index contributed by atoms with van der Waals surface area (Å²) in [5.41, 5.74) is 0. The average molecular weight is 306 g/mol. The third kappa shape index (κ3) is 4.53. The molecule has 0 aliphatic heterocycles. The zero-order valence-electron chi connectivity index (χ0n) is 9.29. The molecule has 0 unspecified atom stereocenters. The van der Waals surface area contributed by atoms with E-state index >= 15 is 0 Å². The number of carbonyl (C=O) groups excluding carboxylic acids is 1. The van der Waals surface area contributed by atoms with E-state index in [-0.39, 0.29) is 5.91 Å². The molecule has 0 saturated heterocycles. The van der Waals surface area contributed by atoms with Crippen LogP contribution in [0.4, 0.5) is 0 Å². The third-order valence-electron chi connectivity index (χ3n) is 2.13. The number of ether oxygens (including phenoxy) is 1. The van der Waals surface area contributed by atoms with Crippen LogP contribution < -0.4 is 10.1 Å². The molecule has 1 rings (SSSR count). The van der Waals surface area contributed by atoms with Gasteiger partial charge in [-0.1, -0.05) is 22.4 Å². The zero-order valence-corrected chi connectivity index (χ0v) is 11.7. The van der Waals surface area contributed by atoms with E-state index in [0.717, 1.165) is 36.9 Å². The fourth-order valence-electron chi connectivity index (χ4n) is 1.23. The lowest BCUT2D eigenvalue weighted by atomic mass is 10.2. The summed E-state index contributed by atoms with van der Waals surface area (Å²) in [7, 11) is 1.60. The van der Waals surface area contributed by atoms with Gasteiger partial charge < -0.3 is 10.1 Å². The molecule has 0 saturated carbocycles. The van der Waals surface area contributed by atoms with Crippen molar-refractivity contribution in [2.45, 2.75) is 19.3 Å². The van der Waals surface area contributed by atoms with E-state index in [4.69, 9.17) is 4.74 Å². The van der Waals surface area contributed by atoms with Gasteiger partial charge in [0.05, 0.1) is 12.0 Å². The van der Waals surface area contributed by atoms with Gasteiger partial charge in [0.2, 0.25) is 0 Å². The van der Waals surface area contributed by atoms with Gasteiger partial charge in [0.15, 0.2) is 0 Å². The molecule has 1 aromatic heterocycles. The Morgan fingerprint density at radius 2 is 2.31 bits per heavy atom. The fraction of sp³-hybridized carbons (Fsp3) is 0.545. The molecule has 0 radical (unpaired) electrons. The minimum absolute atomic E-state index is 0.00728. The van der Waals surface area contributed by atoms with Crippen molar-refractivity contribution in [1.29, 1.82) is 0 Å². The highest BCUT2D eigenvalue weighted by Gasteiger charge is 2.08. The van der Waals surface area contributed by atoms with Crippen LogP contribution in [0.2, 0.25) is 0 Å². The highest BCUT2D eigenvalue weighted by Crippen LogP contribution is 2.20. The van der Waals surface area contributed by atoms with E-state index in [1.807, 2.05) is 5.38 Å². The normalized spacial score (nSPS) is 10.1. The maximum absolute atomic E-state index is 11.6. The SMILES string of the molecule is COc1csc(C(=O)NCCCCCBr)c1. The number of unbranched alkanes of at least 4 members (excludes halogenated alkanes) is 2. The number of halogens is 1. The molecule has 1 heterocycles. The summed E-state index contributed by atoms with van der Waals surface area (Å²) < 4.78 is 5.03. The van der Waals surface area contributed by atoms with Crippen LogP contribution in [0.5, 0.6) is 5.75 Å². The Morgan fingerprint density at radius 1 is 1.50 bits per heavy atom. The number of carbonyl (C=O) groups is 1. The van der Waals surface area contributed by atoms with Gasteiger partial charge in [-0.15, -0.1) is 11.3 Å². The van der Waals surface area contributed by atoms with Crippen LogP contribution in [0.25, 0.3) is 0 Å². The van der Waals surface area contributed by atoms with E-state index in [1.54, 1.807) is 13.2 Å². The summed E-state index contributed by atoms with van der Waals surface area (Å²) in [5, 5.41) is 5.76. The lowest BCUT2D eigenvalue weighted by Crippen LogP contribution is -2.23. The summed E-state index contributed by atoms with van der Waals surface area (Å²) >= 11 is 4.78. The van der Waals surface area contributed by atoms with Crippen LogP contribution >= 0.6 is 27.3 Å². The largest absolute Gasteiger partial charge is 0.496 e. The predicted molar refractivity (Wildman–Crippen MR) is 70.8 cm³/mol. The van der Waals surface area contributed by atoms with E-state index in [2.05, 4.69) is 21.2 Å². The van der Waals surface area contributed by atoms with Crippen LogP contribution in [0.15, 0.2) is 11.4 Å². The topological polar surface area (TPSA) is 38.3 Å². The van der Waals surface area contributed by atoms with Crippen molar-refractivity contribution in [2.24, 2.45) is 0 Å². The molecule has 0 atom stereocenters. The summed E-state index contributed by atoms with van der Waals surface area (Å²) in [6, 6.07) is 1.76. The fourth-order valence-corrected chi connectivity index (χ4v) is 2.40. The van der Waals surface area contributed by atoms with Crippen molar-refractivity contribution in [1.82, 2.24) is 5.32 Å². The van der Waals surface area contributed by atoms with Crippen molar-refractivity contribution in [3.05, 3.63) is 16.3 Å². The lowest BCUT2D eigenvalue weighted by molar-refractivity contribution is 0.0957. The number of thiophene rings is 1. The summed E-state index contributed by atoms with van der Waals surface area (Å²) in [6.45, 7) is 0.742. The van der Waals surface area contributed by atoms with Crippen LogP contribution in [-0.4, -0.2) is 24.9 Å². The van der Waals surface area contributed by atoms with Gasteiger partial charge in [-0.25, -0.2) is 0 Å². The Balaban J connectivity index is 2.24. The molecule has 0 aliphatic rings. The molecule has 1 N–H and O–H groups in total. The molecule has 3 nitrogen and oxygen atoms in total. The predicted octanol–water partition coefficient (Wildman–Crippen LogP) is 3.05. The number of amides is 1. The monoisotopic (exact) mass is 305 g/mol. The molecule has 0 fully saturated rings. The minimum atomic E-state index is -0.00728. The second kappa shape index (κ2) is 7.68. The second-order valence-corrected chi connectivity index (χ2v) is 5.06. The molecule has 5 heteroatoms. The van der Waals surface area contributed by atoms with Gasteiger partial charge >= 0.3 is 0 Å². The summed E-state index contributed by atoms with van der Waals surface area (Å²) in [6.07, 6.45) is 3.32. The highest BCUT2D eigenvalue weighted by atomic mass is 79.9. The van der Waals surface area contributed by atoms with Gasteiger partial charge in [-0.05, 0) is 12.8 Å². The smallest absolute Gasteiger partial charge is 0.261 e. The number of methoxy groups -OCH3 is 1. The first kappa shape index (κ1) is 13.5. The molecule has 0 aliphatic carbocycles. The number of hydrogen-bond donors (Lipinski definition) is 1. The Labute approximate surface area is 108 Å². The van der Waals surface area contributed by atoms with Gasteiger partial charge in [-0.2, -0.15) is 0 Å². The molecule has 1 aromatic rings. The maximum Gasteiger partial charge on any atom is 0.261 e. The summed E-state index contributed by atoms with van der Waals surface area (Å²) in [5.74, 6) is 0.738. The molecule has 0 bridgehead atoms. The quantitative estimate of drug-likeness (QED) is 0.621. The van der Waals surface area contributed by atoms with Crippen LogP contribution in [0.1, 0.15) is 28.9 Å². The first-order valence-electron chi connectivity index (χ1n) is 5.24. The zero-order chi connectivity index (χ0) is 11.8. The minimum Gasteiger partial charge on any atom is -0.496 e. The molecular weight excluding hydrogens is 290 g/mol. The van der Waals surface area contributed by atoms with E-state index in [9.17, 15) is 4.79 Å². The number of nitrogens with one attached hydrogen (secondary N) is 1. The molecule has 0 aromatic carbocycles.